The normalized spacial score (nSPS) is 10.5. The first kappa shape index (κ1) is 19.7. The highest BCUT2D eigenvalue weighted by molar-refractivity contribution is 5.95. The summed E-state index contributed by atoms with van der Waals surface area (Å²) in [5, 5.41) is 11.0. The number of nitrogen functional groups attached to an aromatic ring is 1. The summed E-state index contributed by atoms with van der Waals surface area (Å²) < 4.78 is 5.39. The molecule has 5 aromatic rings. The van der Waals surface area contributed by atoms with Crippen LogP contribution >= 0.6 is 0 Å². The molecule has 8 nitrogen and oxygen atoms in total. The van der Waals surface area contributed by atoms with Crippen LogP contribution in [-0.4, -0.2) is 26.0 Å². The van der Waals surface area contributed by atoms with Crippen LogP contribution in [0.4, 0.5) is 5.69 Å². The number of aromatic nitrogens is 3. The largest absolute Gasteiger partial charge is 0.478 e. The van der Waals surface area contributed by atoms with Gasteiger partial charge in [-0.2, -0.15) is 0 Å². The highest BCUT2D eigenvalue weighted by Gasteiger charge is 2.11. The summed E-state index contributed by atoms with van der Waals surface area (Å²) in [5.41, 5.74) is 6.50. The number of carboxylic acid groups (broad SMARTS) is 1. The third-order valence-electron chi connectivity index (χ3n) is 4.53. The Bertz CT molecular complexity index is 1460. The molecule has 0 spiro atoms. The van der Waals surface area contributed by atoms with Gasteiger partial charge < -0.3 is 15.3 Å². The topological polar surface area (TPSA) is 132 Å². The van der Waals surface area contributed by atoms with Crippen molar-refractivity contribution >= 4 is 33.3 Å². The zero-order valence-corrected chi connectivity index (χ0v) is 16.1. The van der Waals surface area contributed by atoms with Crippen molar-refractivity contribution in [3.63, 3.8) is 0 Å². The van der Waals surface area contributed by atoms with E-state index >= 15 is 0 Å². The Morgan fingerprint density at radius 2 is 1.65 bits per heavy atom. The number of aromatic carboxylic acids is 1. The van der Waals surface area contributed by atoms with Crippen molar-refractivity contribution in [2.75, 3.05) is 5.73 Å². The molecule has 3 N–H and O–H groups in total. The zero-order valence-electron chi connectivity index (χ0n) is 16.1. The fourth-order valence-corrected chi connectivity index (χ4v) is 3.05. The third-order valence-corrected chi connectivity index (χ3v) is 4.53. The quantitative estimate of drug-likeness (QED) is 0.448. The SMILES string of the molecule is Nc1cnccc1C(=O)O.O=c1oc(-c2cccc3ccccc23)nc2cnccc12. The molecule has 3 aromatic heterocycles. The zero-order chi connectivity index (χ0) is 21.8. The molecule has 2 aromatic carbocycles. The second kappa shape index (κ2) is 8.42. The van der Waals surface area contributed by atoms with E-state index in [1.807, 2.05) is 42.5 Å². The lowest BCUT2D eigenvalue weighted by atomic mass is 10.0. The molecule has 0 atom stereocenters. The number of pyridine rings is 2. The Balaban J connectivity index is 0.000000196. The number of hydrogen-bond acceptors (Lipinski definition) is 7. The summed E-state index contributed by atoms with van der Waals surface area (Å²) in [6, 6.07) is 16.7. The standard InChI is InChI=1S/C17H10N2O2.C6H6N2O2/c20-17-14-8-9-18-10-15(14)19-16(21-17)13-7-3-5-11-4-1-2-6-12(11)13;7-5-3-8-2-1-4(5)6(9)10/h1-10H;1-3H,7H2,(H,9,10). The molecule has 0 bridgehead atoms. The van der Waals surface area contributed by atoms with Gasteiger partial charge in [0.15, 0.2) is 0 Å². The van der Waals surface area contributed by atoms with E-state index in [1.54, 1.807) is 18.5 Å². The number of carboxylic acids is 1. The maximum absolute atomic E-state index is 12.1. The third kappa shape index (κ3) is 4.08. The van der Waals surface area contributed by atoms with E-state index in [0.717, 1.165) is 16.3 Å². The van der Waals surface area contributed by atoms with Crippen LogP contribution in [0.2, 0.25) is 0 Å². The minimum absolute atomic E-state index is 0.0926. The number of nitrogens with zero attached hydrogens (tertiary/aromatic N) is 3. The van der Waals surface area contributed by atoms with E-state index in [0.29, 0.717) is 16.8 Å². The second-order valence-electron chi connectivity index (χ2n) is 6.49. The van der Waals surface area contributed by atoms with Crippen molar-refractivity contribution in [1.29, 1.82) is 0 Å². The van der Waals surface area contributed by atoms with Crippen LogP contribution < -0.4 is 11.4 Å². The van der Waals surface area contributed by atoms with E-state index in [-0.39, 0.29) is 11.3 Å². The molecule has 0 unspecified atom stereocenters. The van der Waals surface area contributed by atoms with Crippen molar-refractivity contribution in [2.45, 2.75) is 0 Å². The summed E-state index contributed by atoms with van der Waals surface area (Å²) >= 11 is 0. The van der Waals surface area contributed by atoms with Gasteiger partial charge in [0.25, 0.3) is 0 Å². The fraction of sp³-hybridized carbons (Fsp3) is 0. The van der Waals surface area contributed by atoms with Gasteiger partial charge in [-0.05, 0) is 29.0 Å². The summed E-state index contributed by atoms with van der Waals surface area (Å²) in [4.78, 5) is 34.5. The molecular weight excluding hydrogens is 396 g/mol. The van der Waals surface area contributed by atoms with Gasteiger partial charge in [-0.25, -0.2) is 14.6 Å². The Hall–Kier alpha value is -4.59. The first-order valence-electron chi connectivity index (χ1n) is 9.20. The Morgan fingerprint density at radius 3 is 2.42 bits per heavy atom. The Morgan fingerprint density at radius 1 is 0.903 bits per heavy atom. The summed E-state index contributed by atoms with van der Waals surface area (Å²) in [7, 11) is 0. The molecule has 31 heavy (non-hydrogen) atoms. The molecule has 0 aliphatic heterocycles. The van der Waals surface area contributed by atoms with E-state index in [2.05, 4.69) is 15.0 Å². The number of nitrogens with two attached hydrogens (primary N) is 1. The smallest absolute Gasteiger partial charge is 0.347 e. The molecule has 3 heterocycles. The molecule has 0 aliphatic rings. The molecule has 0 saturated carbocycles. The molecule has 0 aliphatic carbocycles. The van der Waals surface area contributed by atoms with Crippen molar-refractivity contribution in [2.24, 2.45) is 0 Å². The molecule has 8 heteroatoms. The van der Waals surface area contributed by atoms with Crippen LogP contribution in [0.1, 0.15) is 10.4 Å². The van der Waals surface area contributed by atoms with E-state index in [9.17, 15) is 9.59 Å². The van der Waals surface area contributed by atoms with E-state index < -0.39 is 11.6 Å². The number of anilines is 1. The van der Waals surface area contributed by atoms with Crippen LogP contribution in [-0.2, 0) is 0 Å². The average Bonchev–Trinajstić information content (AvgIpc) is 2.79. The lowest BCUT2D eigenvalue weighted by molar-refractivity contribution is 0.0698. The minimum atomic E-state index is -1.03. The molecule has 152 valence electrons. The van der Waals surface area contributed by atoms with Gasteiger partial charge in [0.2, 0.25) is 5.89 Å². The molecule has 0 amide bonds. The highest BCUT2D eigenvalue weighted by atomic mass is 16.4. The van der Waals surface area contributed by atoms with Gasteiger partial charge in [0.05, 0.1) is 34.5 Å². The number of fused-ring (bicyclic) bond motifs is 2. The number of hydrogen-bond donors (Lipinski definition) is 2. The van der Waals surface area contributed by atoms with Crippen LogP contribution in [0.5, 0.6) is 0 Å². The Labute approximate surface area is 175 Å². The van der Waals surface area contributed by atoms with Gasteiger partial charge in [-0.15, -0.1) is 0 Å². The number of benzene rings is 2. The van der Waals surface area contributed by atoms with Gasteiger partial charge >= 0.3 is 11.6 Å². The van der Waals surface area contributed by atoms with Crippen molar-refractivity contribution in [3.05, 3.63) is 95.4 Å². The van der Waals surface area contributed by atoms with Crippen molar-refractivity contribution in [1.82, 2.24) is 15.0 Å². The minimum Gasteiger partial charge on any atom is -0.478 e. The molecule has 0 saturated heterocycles. The summed E-state index contributed by atoms with van der Waals surface area (Å²) in [6.45, 7) is 0. The van der Waals surface area contributed by atoms with Gasteiger partial charge in [0, 0.05) is 18.0 Å². The van der Waals surface area contributed by atoms with Gasteiger partial charge in [-0.1, -0.05) is 36.4 Å². The molecule has 0 radical (unpaired) electrons. The lowest BCUT2D eigenvalue weighted by Gasteiger charge is -2.05. The van der Waals surface area contributed by atoms with Gasteiger partial charge in [0.1, 0.15) is 0 Å². The summed E-state index contributed by atoms with van der Waals surface area (Å²) in [5.74, 6) is -0.711. The fourth-order valence-electron chi connectivity index (χ4n) is 3.05. The first-order chi connectivity index (χ1) is 15.0. The maximum Gasteiger partial charge on any atom is 0.347 e. The van der Waals surface area contributed by atoms with Crippen LogP contribution in [0, 0.1) is 0 Å². The lowest BCUT2D eigenvalue weighted by Crippen LogP contribution is -2.03. The Kier molecular flexibility index (Phi) is 5.35. The number of rotatable bonds is 2. The van der Waals surface area contributed by atoms with Gasteiger partial charge in [-0.3, -0.25) is 9.97 Å². The van der Waals surface area contributed by atoms with Crippen LogP contribution in [0.25, 0.3) is 33.1 Å². The first-order valence-corrected chi connectivity index (χ1v) is 9.20. The second-order valence-corrected chi connectivity index (χ2v) is 6.49. The number of carbonyl (C=O) groups is 1. The van der Waals surface area contributed by atoms with E-state index in [4.69, 9.17) is 15.3 Å². The predicted molar refractivity (Wildman–Crippen MR) is 117 cm³/mol. The van der Waals surface area contributed by atoms with Crippen LogP contribution in [0.3, 0.4) is 0 Å². The molecular formula is C23H16N4O4. The predicted octanol–water partition coefficient (Wildman–Crippen LogP) is 3.77. The average molecular weight is 412 g/mol. The van der Waals surface area contributed by atoms with Crippen LogP contribution in [0.15, 0.2) is 88.6 Å². The maximum atomic E-state index is 12.1. The summed E-state index contributed by atoms with van der Waals surface area (Å²) in [6.07, 6.45) is 5.82. The van der Waals surface area contributed by atoms with Crippen molar-refractivity contribution < 1.29 is 14.3 Å². The van der Waals surface area contributed by atoms with E-state index in [1.165, 1.54) is 18.5 Å². The molecule has 5 rings (SSSR count). The molecule has 0 fully saturated rings. The van der Waals surface area contributed by atoms with Crippen molar-refractivity contribution in [3.8, 4) is 11.5 Å². The highest BCUT2D eigenvalue weighted by Crippen LogP contribution is 2.27. The monoisotopic (exact) mass is 412 g/mol.